The zero-order chi connectivity index (χ0) is 25.3. The number of amides is 1. The molecule has 182 valence electrons. The van der Waals surface area contributed by atoms with Crippen LogP contribution >= 0.6 is 34.7 Å². The van der Waals surface area contributed by atoms with Crippen LogP contribution in [0.3, 0.4) is 0 Å². The summed E-state index contributed by atoms with van der Waals surface area (Å²) in [4.78, 5) is 34.2. The summed E-state index contributed by atoms with van der Waals surface area (Å²) >= 11 is 8.94. The molecule has 0 N–H and O–H groups in total. The van der Waals surface area contributed by atoms with Crippen molar-refractivity contribution in [2.45, 2.75) is 22.1 Å². The number of halogens is 2. The number of benzene rings is 2. The van der Waals surface area contributed by atoms with Gasteiger partial charge in [0.25, 0.3) is 0 Å². The summed E-state index contributed by atoms with van der Waals surface area (Å²) < 4.78 is 19.1. The third kappa shape index (κ3) is 4.52. The molecular weight excluding hydrogens is 519 g/mol. The van der Waals surface area contributed by atoms with E-state index in [9.17, 15) is 14.0 Å². The van der Waals surface area contributed by atoms with E-state index < -0.39 is 10.8 Å². The molecule has 0 saturated carbocycles. The van der Waals surface area contributed by atoms with Gasteiger partial charge in [-0.2, -0.15) is 11.3 Å². The van der Waals surface area contributed by atoms with E-state index in [1.165, 1.54) is 35.6 Å². The Hall–Kier alpha value is -3.20. The van der Waals surface area contributed by atoms with Crippen LogP contribution in [-0.2, 0) is 15.1 Å². The quantitative estimate of drug-likeness (QED) is 0.260. The number of carbonyl (C=O) groups is 2. The molecule has 1 saturated heterocycles. The van der Waals surface area contributed by atoms with Crippen LogP contribution in [0.1, 0.15) is 17.7 Å². The molecular formula is C27H20ClFN2O3S2. The van der Waals surface area contributed by atoms with E-state index in [0.29, 0.717) is 21.4 Å². The molecule has 2 aromatic carbocycles. The summed E-state index contributed by atoms with van der Waals surface area (Å²) in [6, 6.07) is 19.9. The average Bonchev–Trinajstić information content (AvgIpc) is 3.42. The molecule has 5 nitrogen and oxygen atoms in total. The molecule has 1 aliphatic rings. The van der Waals surface area contributed by atoms with Crippen LogP contribution < -0.4 is 4.74 Å². The number of thiophene rings is 1. The topological polar surface area (TPSA) is 59.5 Å². The Labute approximate surface area is 220 Å². The molecule has 0 aliphatic carbocycles. The first-order valence-corrected chi connectivity index (χ1v) is 13.2. The van der Waals surface area contributed by atoms with E-state index in [2.05, 4.69) is 0 Å². The van der Waals surface area contributed by atoms with E-state index in [-0.39, 0.29) is 29.8 Å². The third-order valence-corrected chi connectivity index (χ3v) is 8.55. The van der Waals surface area contributed by atoms with Gasteiger partial charge >= 0.3 is 0 Å². The molecule has 2 aromatic heterocycles. The molecule has 3 heterocycles. The smallest absolute Gasteiger partial charge is 0.244 e. The van der Waals surface area contributed by atoms with Crippen LogP contribution in [0.15, 0.2) is 88.5 Å². The maximum atomic E-state index is 13.7. The molecule has 0 bridgehead atoms. The molecule has 1 amide bonds. The van der Waals surface area contributed by atoms with E-state index in [0.717, 1.165) is 17.3 Å². The number of aromatic nitrogens is 1. The lowest BCUT2D eigenvalue weighted by molar-refractivity contribution is -0.144. The number of Topliss-reactive ketones (excluding diaryl/α,β-unsaturated/α-hetero) is 1. The van der Waals surface area contributed by atoms with Gasteiger partial charge in [-0.25, -0.2) is 9.37 Å². The van der Waals surface area contributed by atoms with Gasteiger partial charge in [0, 0.05) is 24.4 Å². The van der Waals surface area contributed by atoms with E-state index >= 15 is 0 Å². The highest BCUT2D eigenvalue weighted by Gasteiger charge is 2.52. The van der Waals surface area contributed by atoms with Crippen LogP contribution in [0.5, 0.6) is 11.6 Å². The summed E-state index contributed by atoms with van der Waals surface area (Å²) in [6.07, 6.45) is 0.0428. The summed E-state index contributed by atoms with van der Waals surface area (Å²) in [5.41, 5.74) is 0.198. The minimum absolute atomic E-state index is 0.0428. The van der Waals surface area contributed by atoms with Crippen LogP contribution in [0.4, 0.5) is 4.39 Å². The number of hydrogen-bond acceptors (Lipinski definition) is 6. The second kappa shape index (κ2) is 10.0. The zero-order valence-corrected chi connectivity index (χ0v) is 21.4. The Kier molecular flexibility index (Phi) is 6.83. The first-order chi connectivity index (χ1) is 17.4. The number of pyridine rings is 1. The number of piperidine rings is 1. The SMILES string of the molecule is CN1C(=O)C(Sc2ccccc2Cl)C(=O)CC1(c1ccsc1)c1cccc(Oc2ccc(F)cc2)n1. The standard InChI is InChI=1S/C27H20ClFN2O3S2/c1-31-26(33)25(36-22-6-3-2-5-20(22)28)21(32)15-27(31,17-13-14-35-16-17)23-7-4-8-24(30-23)34-19-11-9-18(29)10-12-19/h2-14,16,25H,15H2,1H3. The predicted molar refractivity (Wildman–Crippen MR) is 139 cm³/mol. The van der Waals surface area contributed by atoms with Crippen molar-refractivity contribution in [2.24, 2.45) is 0 Å². The van der Waals surface area contributed by atoms with Crippen LogP contribution in [-0.4, -0.2) is 33.9 Å². The van der Waals surface area contributed by atoms with Crippen LogP contribution in [0.25, 0.3) is 0 Å². The number of ether oxygens (including phenoxy) is 1. The highest BCUT2D eigenvalue weighted by molar-refractivity contribution is 8.01. The van der Waals surface area contributed by atoms with Gasteiger partial charge in [-0.3, -0.25) is 9.59 Å². The molecule has 4 aromatic rings. The maximum Gasteiger partial charge on any atom is 0.244 e. The molecule has 5 rings (SSSR count). The first kappa shape index (κ1) is 24.5. The van der Waals surface area contributed by atoms with Crippen molar-refractivity contribution in [3.63, 3.8) is 0 Å². The van der Waals surface area contributed by atoms with Crippen molar-refractivity contribution in [3.8, 4) is 11.6 Å². The highest BCUT2D eigenvalue weighted by Crippen LogP contribution is 2.46. The maximum absolute atomic E-state index is 13.7. The lowest BCUT2D eigenvalue weighted by Gasteiger charge is -2.46. The lowest BCUT2D eigenvalue weighted by Crippen LogP contribution is -2.58. The van der Waals surface area contributed by atoms with Crippen LogP contribution in [0.2, 0.25) is 5.02 Å². The monoisotopic (exact) mass is 538 g/mol. The fourth-order valence-electron chi connectivity index (χ4n) is 4.28. The summed E-state index contributed by atoms with van der Waals surface area (Å²) in [6.45, 7) is 0. The minimum Gasteiger partial charge on any atom is -0.439 e. The van der Waals surface area contributed by atoms with Gasteiger partial charge in [0.2, 0.25) is 11.8 Å². The van der Waals surface area contributed by atoms with Gasteiger partial charge in [-0.15, -0.1) is 11.8 Å². The highest BCUT2D eigenvalue weighted by atomic mass is 35.5. The minimum atomic E-state index is -1.10. The Morgan fingerprint density at radius 3 is 2.58 bits per heavy atom. The Bertz CT molecular complexity index is 1410. The summed E-state index contributed by atoms with van der Waals surface area (Å²) in [7, 11) is 1.70. The van der Waals surface area contributed by atoms with Gasteiger partial charge in [0.1, 0.15) is 22.4 Å². The van der Waals surface area contributed by atoms with Crippen molar-refractivity contribution < 1.29 is 18.7 Å². The molecule has 2 atom stereocenters. The number of rotatable bonds is 6. The molecule has 36 heavy (non-hydrogen) atoms. The number of nitrogens with zero attached hydrogens (tertiary/aromatic N) is 2. The van der Waals surface area contributed by atoms with Crippen molar-refractivity contribution in [3.05, 3.63) is 106 Å². The zero-order valence-electron chi connectivity index (χ0n) is 19.1. The summed E-state index contributed by atoms with van der Waals surface area (Å²) in [5.74, 6) is -0.207. The van der Waals surface area contributed by atoms with E-state index in [1.54, 1.807) is 48.3 Å². The number of hydrogen-bond donors (Lipinski definition) is 0. The number of ketones is 1. The van der Waals surface area contributed by atoms with Gasteiger partial charge in [-0.05, 0) is 64.9 Å². The van der Waals surface area contributed by atoms with E-state index in [1.807, 2.05) is 22.9 Å². The molecule has 0 spiro atoms. The van der Waals surface area contributed by atoms with Crippen molar-refractivity contribution in [2.75, 3.05) is 7.05 Å². The average molecular weight is 539 g/mol. The fraction of sp³-hybridized carbons (Fsp3) is 0.148. The largest absolute Gasteiger partial charge is 0.439 e. The molecule has 0 radical (unpaired) electrons. The second-order valence-corrected chi connectivity index (χ2v) is 10.6. The van der Waals surface area contributed by atoms with Crippen molar-refractivity contribution in [1.82, 2.24) is 9.88 Å². The molecule has 2 unspecified atom stereocenters. The summed E-state index contributed by atoms with van der Waals surface area (Å²) in [5, 5.41) is 3.41. The van der Waals surface area contributed by atoms with E-state index in [4.69, 9.17) is 21.3 Å². The third-order valence-electron chi connectivity index (χ3n) is 6.11. The molecule has 9 heteroatoms. The van der Waals surface area contributed by atoms with Gasteiger partial charge in [-0.1, -0.05) is 29.8 Å². The fourth-order valence-corrected chi connectivity index (χ4v) is 6.34. The van der Waals surface area contributed by atoms with Crippen molar-refractivity contribution in [1.29, 1.82) is 0 Å². The number of likely N-dealkylation sites (tertiary alicyclic amines) is 1. The number of thioether (sulfide) groups is 1. The number of carbonyl (C=O) groups excluding carboxylic acids is 2. The Balaban J connectivity index is 1.52. The predicted octanol–water partition coefficient (Wildman–Crippen LogP) is 6.56. The first-order valence-electron chi connectivity index (χ1n) is 11.0. The molecule has 1 fully saturated rings. The Morgan fingerprint density at radius 2 is 1.86 bits per heavy atom. The van der Waals surface area contributed by atoms with Gasteiger partial charge in [0.05, 0.1) is 10.7 Å². The van der Waals surface area contributed by atoms with Gasteiger partial charge < -0.3 is 9.64 Å². The lowest BCUT2D eigenvalue weighted by atomic mass is 9.78. The molecule has 1 aliphatic heterocycles. The van der Waals surface area contributed by atoms with Crippen molar-refractivity contribution >= 4 is 46.4 Å². The second-order valence-electron chi connectivity index (χ2n) is 8.26. The Morgan fingerprint density at radius 1 is 1.08 bits per heavy atom. The van der Waals surface area contributed by atoms with Gasteiger partial charge in [0.15, 0.2) is 5.78 Å². The van der Waals surface area contributed by atoms with Crippen LogP contribution in [0, 0.1) is 5.82 Å². The normalized spacial score (nSPS) is 20.0.